The van der Waals surface area contributed by atoms with Crippen molar-refractivity contribution in [3.8, 4) is 0 Å². The SMILES string of the molecule is C=C(CC)C[N+](=O)[O-]. The Balaban J connectivity index is 3.40. The molecule has 46 valence electrons. The lowest BCUT2D eigenvalue weighted by molar-refractivity contribution is -0.471. The Hall–Kier alpha value is -0.860. The topological polar surface area (TPSA) is 43.1 Å². The van der Waals surface area contributed by atoms with Crippen molar-refractivity contribution in [2.75, 3.05) is 6.54 Å². The molecular formula is C5H9NO2. The average Bonchev–Trinajstić information content (AvgIpc) is 1.65. The van der Waals surface area contributed by atoms with Crippen LogP contribution >= 0.6 is 0 Å². The van der Waals surface area contributed by atoms with Gasteiger partial charge < -0.3 is 0 Å². The maximum Gasteiger partial charge on any atom is 0.224 e. The molecule has 0 atom stereocenters. The minimum Gasteiger partial charge on any atom is -0.264 e. The first-order valence-electron chi connectivity index (χ1n) is 2.45. The largest absolute Gasteiger partial charge is 0.264 e. The second-order valence-electron chi connectivity index (χ2n) is 1.59. The van der Waals surface area contributed by atoms with Crippen LogP contribution in [-0.4, -0.2) is 11.5 Å². The third kappa shape index (κ3) is 3.33. The van der Waals surface area contributed by atoms with Gasteiger partial charge in [-0.05, 0) is 12.0 Å². The summed E-state index contributed by atoms with van der Waals surface area (Å²) in [5, 5.41) is 9.71. The van der Waals surface area contributed by atoms with E-state index in [4.69, 9.17) is 0 Å². The van der Waals surface area contributed by atoms with Crippen molar-refractivity contribution in [1.29, 1.82) is 0 Å². The number of nitro groups is 1. The van der Waals surface area contributed by atoms with Gasteiger partial charge in [-0.1, -0.05) is 13.5 Å². The molecule has 0 aliphatic carbocycles. The van der Waals surface area contributed by atoms with Gasteiger partial charge in [0.15, 0.2) is 0 Å². The van der Waals surface area contributed by atoms with Crippen LogP contribution in [0.4, 0.5) is 0 Å². The molecule has 0 unspecified atom stereocenters. The Bertz CT molecular complexity index is 109. The van der Waals surface area contributed by atoms with E-state index in [1.165, 1.54) is 0 Å². The van der Waals surface area contributed by atoms with Gasteiger partial charge in [0.2, 0.25) is 6.54 Å². The minimum atomic E-state index is -0.369. The number of hydrogen-bond acceptors (Lipinski definition) is 2. The fourth-order valence-corrected chi connectivity index (χ4v) is 0.294. The van der Waals surface area contributed by atoms with Crippen molar-refractivity contribution in [3.05, 3.63) is 22.3 Å². The molecule has 0 bridgehead atoms. The predicted octanol–water partition coefficient (Wildman–Crippen LogP) is 1.23. The van der Waals surface area contributed by atoms with Gasteiger partial charge in [0.25, 0.3) is 0 Å². The maximum atomic E-state index is 9.71. The highest BCUT2D eigenvalue weighted by Gasteiger charge is 1.96. The van der Waals surface area contributed by atoms with Crippen LogP contribution in [-0.2, 0) is 0 Å². The summed E-state index contributed by atoms with van der Waals surface area (Å²) in [5.41, 5.74) is 0.676. The third-order valence-electron chi connectivity index (χ3n) is 0.853. The highest BCUT2D eigenvalue weighted by Crippen LogP contribution is 1.94. The molecule has 0 fully saturated rings. The molecule has 0 aromatic heterocycles. The smallest absolute Gasteiger partial charge is 0.224 e. The molecule has 0 aliphatic rings. The van der Waals surface area contributed by atoms with Gasteiger partial charge in [-0.25, -0.2) is 0 Å². The summed E-state index contributed by atoms with van der Waals surface area (Å²) in [6.07, 6.45) is 0.695. The third-order valence-corrected chi connectivity index (χ3v) is 0.853. The quantitative estimate of drug-likeness (QED) is 0.315. The molecular weight excluding hydrogens is 106 g/mol. The predicted molar refractivity (Wildman–Crippen MR) is 31.3 cm³/mol. The van der Waals surface area contributed by atoms with E-state index in [-0.39, 0.29) is 11.5 Å². The van der Waals surface area contributed by atoms with Crippen LogP contribution in [0.3, 0.4) is 0 Å². The zero-order chi connectivity index (χ0) is 6.57. The summed E-state index contributed by atoms with van der Waals surface area (Å²) in [7, 11) is 0. The second kappa shape index (κ2) is 3.18. The van der Waals surface area contributed by atoms with Crippen LogP contribution in [0, 0.1) is 10.1 Å². The van der Waals surface area contributed by atoms with Crippen LogP contribution < -0.4 is 0 Å². The summed E-state index contributed by atoms with van der Waals surface area (Å²) in [6.45, 7) is 5.24. The Kier molecular flexibility index (Phi) is 2.84. The fourth-order valence-electron chi connectivity index (χ4n) is 0.294. The van der Waals surface area contributed by atoms with E-state index >= 15 is 0 Å². The molecule has 0 aromatic rings. The summed E-state index contributed by atoms with van der Waals surface area (Å²) < 4.78 is 0. The standard InChI is InChI=1S/C5H9NO2/c1-3-5(2)4-6(7)8/h2-4H2,1H3. The van der Waals surface area contributed by atoms with E-state index in [0.717, 1.165) is 0 Å². The van der Waals surface area contributed by atoms with Crippen molar-refractivity contribution >= 4 is 0 Å². The first-order valence-corrected chi connectivity index (χ1v) is 2.45. The lowest BCUT2D eigenvalue weighted by Crippen LogP contribution is -2.01. The molecule has 0 rings (SSSR count). The van der Waals surface area contributed by atoms with Crippen LogP contribution in [0.1, 0.15) is 13.3 Å². The van der Waals surface area contributed by atoms with Crippen LogP contribution in [0.15, 0.2) is 12.2 Å². The minimum absolute atomic E-state index is 0.0868. The van der Waals surface area contributed by atoms with E-state index in [0.29, 0.717) is 12.0 Å². The van der Waals surface area contributed by atoms with Gasteiger partial charge in [-0.2, -0.15) is 0 Å². The number of rotatable bonds is 3. The second-order valence-corrected chi connectivity index (χ2v) is 1.59. The zero-order valence-electron chi connectivity index (χ0n) is 4.89. The molecule has 8 heavy (non-hydrogen) atoms. The Morgan fingerprint density at radius 2 is 2.38 bits per heavy atom. The summed E-state index contributed by atoms with van der Waals surface area (Å²) in [6, 6.07) is 0. The van der Waals surface area contributed by atoms with Crippen molar-refractivity contribution in [2.45, 2.75) is 13.3 Å². The molecule has 3 heteroatoms. The molecule has 0 aliphatic heterocycles. The van der Waals surface area contributed by atoms with Gasteiger partial charge in [-0.3, -0.25) is 10.1 Å². The van der Waals surface area contributed by atoms with Crippen LogP contribution in [0.2, 0.25) is 0 Å². The summed E-state index contributed by atoms with van der Waals surface area (Å²) in [4.78, 5) is 9.34. The van der Waals surface area contributed by atoms with Gasteiger partial charge >= 0.3 is 0 Å². The molecule has 0 aromatic carbocycles. The number of hydrogen-bond donors (Lipinski definition) is 0. The molecule has 0 spiro atoms. The first-order chi connectivity index (χ1) is 3.66. The zero-order valence-corrected chi connectivity index (χ0v) is 4.89. The molecule has 0 heterocycles. The molecule has 0 saturated carbocycles. The molecule has 3 nitrogen and oxygen atoms in total. The van der Waals surface area contributed by atoms with Crippen molar-refractivity contribution < 1.29 is 4.92 Å². The average molecular weight is 115 g/mol. The lowest BCUT2D eigenvalue weighted by Gasteiger charge is -1.90. The molecule has 0 N–H and O–H groups in total. The summed E-state index contributed by atoms with van der Waals surface area (Å²) >= 11 is 0. The summed E-state index contributed by atoms with van der Waals surface area (Å²) in [5.74, 6) is 0. The van der Waals surface area contributed by atoms with Gasteiger partial charge in [0.1, 0.15) is 0 Å². The normalized spacial score (nSPS) is 8.62. The van der Waals surface area contributed by atoms with E-state index < -0.39 is 0 Å². The van der Waals surface area contributed by atoms with Gasteiger partial charge in [-0.15, -0.1) is 0 Å². The highest BCUT2D eigenvalue weighted by molar-refractivity contribution is 4.91. The highest BCUT2D eigenvalue weighted by atomic mass is 16.6. The van der Waals surface area contributed by atoms with E-state index in [1.54, 1.807) is 0 Å². The van der Waals surface area contributed by atoms with Crippen molar-refractivity contribution in [1.82, 2.24) is 0 Å². The van der Waals surface area contributed by atoms with Crippen molar-refractivity contribution in [2.24, 2.45) is 0 Å². The first kappa shape index (κ1) is 7.14. The molecule has 0 amide bonds. The molecule has 0 saturated heterocycles. The Morgan fingerprint density at radius 1 is 1.88 bits per heavy atom. The van der Waals surface area contributed by atoms with E-state index in [1.807, 2.05) is 6.92 Å². The van der Waals surface area contributed by atoms with Crippen LogP contribution in [0.5, 0.6) is 0 Å². The van der Waals surface area contributed by atoms with Gasteiger partial charge in [0.05, 0.1) is 0 Å². The lowest BCUT2D eigenvalue weighted by atomic mass is 10.2. The maximum absolute atomic E-state index is 9.71. The Morgan fingerprint density at radius 3 is 2.50 bits per heavy atom. The Labute approximate surface area is 48.2 Å². The fraction of sp³-hybridized carbons (Fsp3) is 0.600. The van der Waals surface area contributed by atoms with E-state index in [2.05, 4.69) is 6.58 Å². The van der Waals surface area contributed by atoms with Gasteiger partial charge in [0, 0.05) is 4.92 Å². The number of nitrogens with zero attached hydrogens (tertiary/aromatic N) is 1. The van der Waals surface area contributed by atoms with E-state index in [9.17, 15) is 10.1 Å². The monoisotopic (exact) mass is 115 g/mol. The van der Waals surface area contributed by atoms with Crippen LogP contribution in [0.25, 0.3) is 0 Å². The molecule has 0 radical (unpaired) electrons. The van der Waals surface area contributed by atoms with Crippen molar-refractivity contribution in [3.63, 3.8) is 0 Å².